The van der Waals surface area contributed by atoms with Crippen LogP contribution in [-0.2, 0) is 19.6 Å². The highest BCUT2D eigenvalue weighted by Crippen LogP contribution is 2.39. The highest BCUT2D eigenvalue weighted by atomic mass is 32.2. The first-order valence-electron chi connectivity index (χ1n) is 13.3. The number of sulfonamides is 1. The Morgan fingerprint density at radius 2 is 1.94 bits per heavy atom. The number of hydrogen-bond acceptors (Lipinski definition) is 8. The molecule has 3 saturated heterocycles. The summed E-state index contributed by atoms with van der Waals surface area (Å²) < 4.78 is 40.2. The van der Waals surface area contributed by atoms with Gasteiger partial charge in [-0.05, 0) is 56.1 Å². The van der Waals surface area contributed by atoms with E-state index in [1.165, 1.54) is 4.31 Å². The highest BCUT2D eigenvalue weighted by Gasteiger charge is 2.52. The van der Waals surface area contributed by atoms with Crippen molar-refractivity contribution in [1.82, 2.24) is 15.2 Å². The maximum absolute atomic E-state index is 13.6. The number of nitrogens with zero attached hydrogens (tertiary/aromatic N) is 2. The molecule has 0 radical (unpaired) electrons. The van der Waals surface area contributed by atoms with Crippen molar-refractivity contribution in [3.63, 3.8) is 0 Å². The van der Waals surface area contributed by atoms with E-state index in [9.17, 15) is 13.2 Å². The summed E-state index contributed by atoms with van der Waals surface area (Å²) in [5, 5.41) is 2.45. The first-order valence-corrected chi connectivity index (χ1v) is 14.8. The van der Waals surface area contributed by atoms with Crippen LogP contribution in [0, 0.1) is 11.8 Å². The molecule has 1 amide bonds. The molecule has 6 rings (SSSR count). The molecule has 3 N–H and O–H groups in total. The normalized spacial score (nSPS) is 33.2. The van der Waals surface area contributed by atoms with Gasteiger partial charge in [-0.2, -0.15) is 4.31 Å². The van der Waals surface area contributed by atoms with E-state index in [0.717, 1.165) is 57.0 Å². The van der Waals surface area contributed by atoms with Gasteiger partial charge < -0.3 is 19.7 Å². The lowest BCUT2D eigenvalue weighted by molar-refractivity contribution is -0.122. The standard InChI is InChI=1S/C25H37N5O5S/c1-16-12-17-15-26-28-24(17)23(13-16)36(32,33)30-7-4-21(30)25(31)27-18-2-3-20-22(14-18)35-11-8-29(20)19-5-9-34-10-6-19/h2-3,14,16-17,19,21,23-24,26,28H,4-13,15H2,1H3,(H,27,31)/t16?,17?,21-,23?,24?/m0/s1. The second-order valence-corrected chi connectivity index (χ2v) is 13.0. The Labute approximate surface area is 213 Å². The van der Waals surface area contributed by atoms with Crippen LogP contribution in [0.1, 0.15) is 39.0 Å². The molecule has 0 bridgehead atoms. The molecule has 0 spiro atoms. The van der Waals surface area contributed by atoms with Crippen molar-refractivity contribution < 1.29 is 22.7 Å². The number of amides is 1. The molecule has 1 saturated carbocycles. The van der Waals surface area contributed by atoms with Crippen molar-refractivity contribution in [2.45, 2.75) is 62.4 Å². The zero-order chi connectivity index (χ0) is 24.9. The van der Waals surface area contributed by atoms with Gasteiger partial charge in [-0.15, -0.1) is 0 Å². The van der Waals surface area contributed by atoms with Crippen LogP contribution in [0.3, 0.4) is 0 Å². The average molecular weight is 520 g/mol. The third kappa shape index (κ3) is 4.38. The summed E-state index contributed by atoms with van der Waals surface area (Å²) in [5.41, 5.74) is 8.01. The van der Waals surface area contributed by atoms with Crippen molar-refractivity contribution >= 4 is 27.3 Å². The van der Waals surface area contributed by atoms with Crippen LogP contribution in [0.25, 0.3) is 0 Å². The summed E-state index contributed by atoms with van der Waals surface area (Å²) in [6, 6.07) is 5.40. The summed E-state index contributed by atoms with van der Waals surface area (Å²) in [5.74, 6) is 1.13. The van der Waals surface area contributed by atoms with Gasteiger partial charge in [0.1, 0.15) is 18.4 Å². The van der Waals surface area contributed by atoms with E-state index >= 15 is 0 Å². The van der Waals surface area contributed by atoms with Crippen molar-refractivity contribution in [3.05, 3.63) is 18.2 Å². The highest BCUT2D eigenvalue weighted by molar-refractivity contribution is 7.89. The fourth-order valence-electron chi connectivity index (χ4n) is 6.67. The van der Waals surface area contributed by atoms with Crippen molar-refractivity contribution in [1.29, 1.82) is 0 Å². The van der Waals surface area contributed by atoms with Crippen molar-refractivity contribution in [2.75, 3.05) is 49.7 Å². The van der Waals surface area contributed by atoms with Crippen molar-refractivity contribution in [3.8, 4) is 5.75 Å². The van der Waals surface area contributed by atoms with E-state index in [2.05, 4.69) is 28.0 Å². The lowest BCUT2D eigenvalue weighted by Crippen LogP contribution is -2.62. The van der Waals surface area contributed by atoms with Gasteiger partial charge >= 0.3 is 0 Å². The molecule has 5 aliphatic rings. The molecule has 5 atom stereocenters. The molecule has 4 fully saturated rings. The van der Waals surface area contributed by atoms with Crippen LogP contribution in [0.15, 0.2) is 18.2 Å². The number of carbonyl (C=O) groups excluding carboxylic acids is 1. The van der Waals surface area contributed by atoms with E-state index in [1.54, 1.807) is 0 Å². The van der Waals surface area contributed by atoms with Crippen LogP contribution >= 0.6 is 0 Å². The predicted molar refractivity (Wildman–Crippen MR) is 136 cm³/mol. The molecular formula is C25H37N5O5S. The molecule has 11 heteroatoms. The largest absolute Gasteiger partial charge is 0.489 e. The van der Waals surface area contributed by atoms with Crippen molar-refractivity contribution in [2.24, 2.45) is 11.8 Å². The third-order valence-electron chi connectivity index (χ3n) is 8.62. The van der Waals surface area contributed by atoms with Gasteiger partial charge in [-0.3, -0.25) is 15.6 Å². The summed E-state index contributed by atoms with van der Waals surface area (Å²) in [6.45, 7) is 6.30. The lowest BCUT2D eigenvalue weighted by Gasteiger charge is -2.44. The maximum atomic E-state index is 13.6. The van der Waals surface area contributed by atoms with Gasteiger partial charge in [-0.25, -0.2) is 8.42 Å². The number of fused-ring (bicyclic) bond motifs is 2. The molecule has 1 aromatic rings. The fourth-order valence-corrected chi connectivity index (χ4v) is 9.16. The summed E-state index contributed by atoms with van der Waals surface area (Å²) in [4.78, 5) is 15.6. The number of rotatable bonds is 5. The number of anilines is 2. The first-order chi connectivity index (χ1) is 17.4. The lowest BCUT2D eigenvalue weighted by atomic mass is 9.79. The number of hydrogen-bond donors (Lipinski definition) is 3. The molecule has 1 aromatic carbocycles. The Kier molecular flexibility index (Phi) is 6.62. The van der Waals surface area contributed by atoms with Gasteiger partial charge in [0.2, 0.25) is 15.9 Å². The Morgan fingerprint density at radius 3 is 2.72 bits per heavy atom. The number of ether oxygens (including phenoxy) is 2. The molecule has 4 heterocycles. The Balaban J connectivity index is 1.14. The van der Waals surface area contributed by atoms with Gasteiger partial charge in [0.05, 0.1) is 17.5 Å². The van der Waals surface area contributed by atoms with Gasteiger partial charge in [-0.1, -0.05) is 6.92 Å². The summed E-state index contributed by atoms with van der Waals surface area (Å²) in [6.07, 6.45) is 4.17. The van der Waals surface area contributed by atoms with Gasteiger partial charge in [0, 0.05) is 50.1 Å². The smallest absolute Gasteiger partial charge is 0.242 e. The minimum Gasteiger partial charge on any atom is -0.489 e. The van der Waals surface area contributed by atoms with E-state index in [0.29, 0.717) is 49.6 Å². The van der Waals surface area contributed by atoms with E-state index in [-0.39, 0.29) is 11.9 Å². The fraction of sp³-hybridized carbons (Fsp3) is 0.720. The number of nitrogens with one attached hydrogen (secondary N) is 3. The van der Waals surface area contributed by atoms with Gasteiger partial charge in [0.15, 0.2) is 0 Å². The van der Waals surface area contributed by atoms with Gasteiger partial charge in [0.25, 0.3) is 0 Å². The van der Waals surface area contributed by atoms with E-state index in [1.807, 2.05) is 18.2 Å². The Morgan fingerprint density at radius 1 is 1.11 bits per heavy atom. The monoisotopic (exact) mass is 519 g/mol. The number of benzene rings is 1. The SMILES string of the molecule is CC1CC2CNNC2C(S(=O)(=O)N2CC[C@H]2C(=O)Nc2ccc3c(c2)OCCN3C2CCOCC2)C1. The van der Waals surface area contributed by atoms with Crippen LogP contribution in [0.2, 0.25) is 0 Å². The summed E-state index contributed by atoms with van der Waals surface area (Å²) in [7, 11) is -3.60. The minimum atomic E-state index is -3.60. The Hall–Kier alpha value is -1.92. The topological polar surface area (TPSA) is 112 Å². The minimum absolute atomic E-state index is 0.105. The second-order valence-electron chi connectivity index (χ2n) is 10.9. The molecule has 1 aliphatic carbocycles. The number of carbonyl (C=O) groups is 1. The molecule has 4 unspecified atom stereocenters. The second kappa shape index (κ2) is 9.75. The Bertz CT molecular complexity index is 1090. The molecule has 198 valence electrons. The van der Waals surface area contributed by atoms with Crippen LogP contribution in [0.5, 0.6) is 5.75 Å². The van der Waals surface area contributed by atoms with Crippen LogP contribution in [-0.4, -0.2) is 81.5 Å². The first kappa shape index (κ1) is 24.4. The quantitative estimate of drug-likeness (QED) is 0.534. The van der Waals surface area contributed by atoms with Crippen LogP contribution < -0.4 is 25.8 Å². The predicted octanol–water partition coefficient (Wildman–Crippen LogP) is 1.30. The molecule has 36 heavy (non-hydrogen) atoms. The molecule has 4 aliphatic heterocycles. The van der Waals surface area contributed by atoms with E-state index < -0.39 is 21.3 Å². The third-order valence-corrected chi connectivity index (χ3v) is 11.0. The van der Waals surface area contributed by atoms with E-state index in [4.69, 9.17) is 9.47 Å². The maximum Gasteiger partial charge on any atom is 0.242 e. The molecule has 0 aromatic heterocycles. The van der Waals surface area contributed by atoms with Crippen LogP contribution in [0.4, 0.5) is 11.4 Å². The zero-order valence-corrected chi connectivity index (χ0v) is 21.6. The average Bonchev–Trinajstić information content (AvgIpc) is 3.30. The molecular weight excluding hydrogens is 482 g/mol. The summed E-state index contributed by atoms with van der Waals surface area (Å²) >= 11 is 0. The zero-order valence-electron chi connectivity index (χ0n) is 20.8. The number of hydrazine groups is 1. The molecule has 10 nitrogen and oxygen atoms in total.